The van der Waals surface area contributed by atoms with Gasteiger partial charge in [0.1, 0.15) is 5.75 Å². The Morgan fingerprint density at radius 1 is 1.40 bits per heavy atom. The van der Waals surface area contributed by atoms with Crippen molar-refractivity contribution in [2.45, 2.75) is 0 Å². The first kappa shape index (κ1) is 10.8. The summed E-state index contributed by atoms with van der Waals surface area (Å²) < 4.78 is 4.36. The van der Waals surface area contributed by atoms with E-state index in [4.69, 9.17) is 0 Å². The molecule has 0 aromatic heterocycles. The molecule has 1 aromatic rings. The lowest BCUT2D eigenvalue weighted by Crippen LogP contribution is -2.17. The number of hydrogen-bond acceptors (Lipinski definition) is 5. The fourth-order valence-electron chi connectivity index (χ4n) is 1.02. The van der Waals surface area contributed by atoms with Crippen LogP contribution in [-0.4, -0.2) is 29.6 Å². The lowest BCUT2D eigenvalue weighted by atomic mass is 10.1. The molecule has 0 aliphatic rings. The highest BCUT2D eigenvalue weighted by Crippen LogP contribution is 2.32. The Morgan fingerprint density at radius 2 is 2.07 bits per heavy atom. The molecule has 0 heterocycles. The average Bonchev–Trinajstić information content (AvgIpc) is 2.22. The molecule has 0 aliphatic carbocycles. The summed E-state index contributed by atoms with van der Waals surface area (Å²) in [6.07, 6.45) is 0. The fraction of sp³-hybridized carbons (Fsp3) is 0.111. The van der Waals surface area contributed by atoms with Gasteiger partial charge in [0.15, 0.2) is 11.5 Å². The summed E-state index contributed by atoms with van der Waals surface area (Å²) in [5.41, 5.74) is -0.103. The number of hydrogen-bond donors (Lipinski definition) is 3. The Kier molecular flexibility index (Phi) is 3.12. The van der Waals surface area contributed by atoms with Crippen LogP contribution in [0.1, 0.15) is 10.4 Å². The standard InChI is InChI=1S/C9H9NO5/c1-10-9(14)5-2-7(13)8(15-4-11)3-6(5)12/h2-4,12-13H,1H3,(H,10,14). The number of phenolic OH excluding ortho intramolecular Hbond substituents is 2. The van der Waals surface area contributed by atoms with Crippen molar-refractivity contribution < 1.29 is 24.5 Å². The minimum Gasteiger partial charge on any atom is -0.507 e. The van der Waals surface area contributed by atoms with E-state index in [-0.39, 0.29) is 23.5 Å². The van der Waals surface area contributed by atoms with Crippen molar-refractivity contribution in [2.24, 2.45) is 0 Å². The third-order valence-corrected chi connectivity index (χ3v) is 1.72. The van der Waals surface area contributed by atoms with Gasteiger partial charge in [-0.15, -0.1) is 0 Å². The van der Waals surface area contributed by atoms with Gasteiger partial charge in [-0.2, -0.15) is 0 Å². The van der Waals surface area contributed by atoms with Crippen molar-refractivity contribution in [3.05, 3.63) is 17.7 Å². The molecule has 6 heteroatoms. The van der Waals surface area contributed by atoms with Gasteiger partial charge in [0, 0.05) is 19.2 Å². The lowest BCUT2D eigenvalue weighted by molar-refractivity contribution is -0.120. The number of ether oxygens (including phenoxy) is 1. The number of amides is 1. The Hall–Kier alpha value is -2.24. The van der Waals surface area contributed by atoms with Gasteiger partial charge in [-0.1, -0.05) is 0 Å². The van der Waals surface area contributed by atoms with E-state index in [1.807, 2.05) is 0 Å². The second-order valence-corrected chi connectivity index (χ2v) is 2.63. The second-order valence-electron chi connectivity index (χ2n) is 2.63. The zero-order valence-electron chi connectivity index (χ0n) is 7.85. The van der Waals surface area contributed by atoms with Crippen LogP contribution in [0.25, 0.3) is 0 Å². The van der Waals surface area contributed by atoms with E-state index in [1.54, 1.807) is 0 Å². The monoisotopic (exact) mass is 211 g/mol. The van der Waals surface area contributed by atoms with Crippen LogP contribution in [0.4, 0.5) is 0 Å². The van der Waals surface area contributed by atoms with Gasteiger partial charge in [0.2, 0.25) is 0 Å². The molecular weight excluding hydrogens is 202 g/mol. The van der Waals surface area contributed by atoms with Crippen LogP contribution in [0.5, 0.6) is 17.2 Å². The molecule has 0 saturated carbocycles. The molecule has 3 N–H and O–H groups in total. The number of rotatable bonds is 3. The van der Waals surface area contributed by atoms with Gasteiger partial charge in [0.25, 0.3) is 12.4 Å². The van der Waals surface area contributed by atoms with Gasteiger partial charge in [-0.25, -0.2) is 0 Å². The normalized spacial score (nSPS) is 9.40. The highest BCUT2D eigenvalue weighted by Gasteiger charge is 2.14. The van der Waals surface area contributed by atoms with Crippen LogP contribution >= 0.6 is 0 Å². The minimum atomic E-state index is -0.555. The van der Waals surface area contributed by atoms with Crippen LogP contribution in [0.2, 0.25) is 0 Å². The molecule has 1 rings (SSSR count). The van der Waals surface area contributed by atoms with Crippen molar-refractivity contribution in [1.82, 2.24) is 5.32 Å². The third-order valence-electron chi connectivity index (χ3n) is 1.72. The predicted molar refractivity (Wildman–Crippen MR) is 49.9 cm³/mol. The SMILES string of the molecule is CNC(=O)c1cc(O)c(OC=O)cc1O. The highest BCUT2D eigenvalue weighted by atomic mass is 16.5. The first-order chi connectivity index (χ1) is 7.10. The molecule has 1 amide bonds. The van der Waals surface area contributed by atoms with Crippen molar-refractivity contribution in [1.29, 1.82) is 0 Å². The largest absolute Gasteiger partial charge is 0.507 e. The molecule has 0 spiro atoms. The topological polar surface area (TPSA) is 95.9 Å². The summed E-state index contributed by atoms with van der Waals surface area (Å²) in [6, 6.07) is 1.99. The molecule has 0 bridgehead atoms. The smallest absolute Gasteiger partial charge is 0.298 e. The number of carbonyl (C=O) groups excluding carboxylic acids is 2. The van der Waals surface area contributed by atoms with E-state index in [1.165, 1.54) is 7.05 Å². The van der Waals surface area contributed by atoms with Gasteiger partial charge in [-0.3, -0.25) is 9.59 Å². The van der Waals surface area contributed by atoms with Crippen molar-refractivity contribution in [3.63, 3.8) is 0 Å². The minimum absolute atomic E-state index is 0.103. The molecule has 0 atom stereocenters. The summed E-state index contributed by atoms with van der Waals surface area (Å²) in [4.78, 5) is 21.2. The molecule has 0 aliphatic heterocycles. The molecule has 0 fully saturated rings. The van der Waals surface area contributed by atoms with Gasteiger partial charge < -0.3 is 20.3 Å². The van der Waals surface area contributed by atoms with Crippen LogP contribution in [-0.2, 0) is 4.79 Å². The van der Waals surface area contributed by atoms with E-state index in [0.29, 0.717) is 0 Å². The van der Waals surface area contributed by atoms with Crippen LogP contribution in [0.15, 0.2) is 12.1 Å². The predicted octanol–water partition coefficient (Wildman–Crippen LogP) is -0.00740. The lowest BCUT2D eigenvalue weighted by Gasteiger charge is -2.06. The van der Waals surface area contributed by atoms with Gasteiger partial charge >= 0.3 is 0 Å². The number of aromatic hydroxyl groups is 2. The summed E-state index contributed by atoms with van der Waals surface area (Å²) in [6.45, 7) is 0.105. The maximum atomic E-state index is 11.2. The van der Waals surface area contributed by atoms with Crippen LogP contribution < -0.4 is 10.1 Å². The van der Waals surface area contributed by atoms with E-state index in [9.17, 15) is 19.8 Å². The Bertz CT molecular complexity index is 402. The maximum absolute atomic E-state index is 11.2. The third kappa shape index (κ3) is 2.16. The first-order valence-corrected chi connectivity index (χ1v) is 3.98. The summed E-state index contributed by atoms with van der Waals surface area (Å²) in [7, 11) is 1.38. The van der Waals surface area contributed by atoms with E-state index in [2.05, 4.69) is 10.1 Å². The first-order valence-electron chi connectivity index (χ1n) is 3.98. The van der Waals surface area contributed by atoms with E-state index < -0.39 is 11.7 Å². The highest BCUT2D eigenvalue weighted by molar-refractivity contribution is 5.97. The summed E-state index contributed by atoms with van der Waals surface area (Å²) in [5.74, 6) is -1.56. The molecule has 6 nitrogen and oxygen atoms in total. The number of nitrogens with one attached hydrogen (secondary N) is 1. The molecule has 0 saturated heterocycles. The Labute approximate surface area is 85.1 Å². The number of benzene rings is 1. The number of carbonyl (C=O) groups is 2. The van der Waals surface area contributed by atoms with Crippen molar-refractivity contribution in [3.8, 4) is 17.2 Å². The Balaban J connectivity index is 3.18. The quantitative estimate of drug-likeness (QED) is 0.482. The van der Waals surface area contributed by atoms with E-state index in [0.717, 1.165) is 12.1 Å². The Morgan fingerprint density at radius 3 is 2.60 bits per heavy atom. The van der Waals surface area contributed by atoms with E-state index >= 15 is 0 Å². The molecule has 15 heavy (non-hydrogen) atoms. The van der Waals surface area contributed by atoms with Crippen LogP contribution in [0, 0.1) is 0 Å². The summed E-state index contributed by atoms with van der Waals surface area (Å²) >= 11 is 0. The van der Waals surface area contributed by atoms with Gasteiger partial charge in [-0.05, 0) is 0 Å². The molecule has 80 valence electrons. The fourth-order valence-corrected chi connectivity index (χ4v) is 1.02. The molecular formula is C9H9NO5. The second kappa shape index (κ2) is 4.32. The maximum Gasteiger partial charge on any atom is 0.298 e. The molecule has 1 aromatic carbocycles. The molecule has 0 radical (unpaired) electrons. The molecule has 0 unspecified atom stereocenters. The van der Waals surface area contributed by atoms with Gasteiger partial charge in [0.05, 0.1) is 5.56 Å². The zero-order valence-corrected chi connectivity index (χ0v) is 7.85. The van der Waals surface area contributed by atoms with Crippen LogP contribution in [0.3, 0.4) is 0 Å². The van der Waals surface area contributed by atoms with Crippen molar-refractivity contribution >= 4 is 12.4 Å². The zero-order chi connectivity index (χ0) is 11.4. The average molecular weight is 211 g/mol. The van der Waals surface area contributed by atoms with Crippen molar-refractivity contribution in [2.75, 3.05) is 7.05 Å². The summed E-state index contributed by atoms with van der Waals surface area (Å²) in [5, 5.41) is 21.0. The number of phenols is 2.